The first kappa shape index (κ1) is 27.6. The van der Waals surface area contributed by atoms with Gasteiger partial charge in [0.25, 0.3) is 0 Å². The molecule has 34 heavy (non-hydrogen) atoms. The topological polar surface area (TPSA) is 98.0 Å². The smallest absolute Gasteiger partial charge is 0.165 e. The summed E-state index contributed by atoms with van der Waals surface area (Å²) in [7, 11) is 0. The molecule has 0 aromatic carbocycles. The lowest BCUT2D eigenvalue weighted by atomic mass is 9.55. The Labute approximate surface area is 206 Å². The van der Waals surface area contributed by atoms with Gasteiger partial charge >= 0.3 is 0 Å². The van der Waals surface area contributed by atoms with Gasteiger partial charge in [0.2, 0.25) is 0 Å². The number of aliphatic hydroxyl groups excluding tert-OH is 3. The second kappa shape index (κ2) is 10.2. The minimum atomic E-state index is -0.888. The molecular formula is C29H48O5. The molecule has 0 heterocycles. The van der Waals surface area contributed by atoms with Crippen LogP contribution in [0.5, 0.6) is 0 Å². The van der Waals surface area contributed by atoms with Gasteiger partial charge in [-0.2, -0.15) is 0 Å². The molecule has 0 aliphatic heterocycles. The van der Waals surface area contributed by atoms with Gasteiger partial charge in [0.05, 0.1) is 17.8 Å². The van der Waals surface area contributed by atoms with Crippen LogP contribution in [-0.4, -0.2) is 50.6 Å². The molecule has 3 aliphatic carbocycles. The van der Waals surface area contributed by atoms with Gasteiger partial charge in [-0.05, 0) is 92.1 Å². The molecule has 3 rings (SSSR count). The maximum Gasteiger partial charge on any atom is 0.165 e. The number of carbonyl (C=O) groups is 1. The van der Waals surface area contributed by atoms with Crippen molar-refractivity contribution in [3.63, 3.8) is 0 Å². The van der Waals surface area contributed by atoms with E-state index in [9.17, 15) is 25.2 Å². The lowest BCUT2D eigenvalue weighted by Crippen LogP contribution is -2.52. The van der Waals surface area contributed by atoms with E-state index in [1.54, 1.807) is 12.2 Å². The Kier molecular flexibility index (Phi) is 8.24. The van der Waals surface area contributed by atoms with Gasteiger partial charge in [-0.1, -0.05) is 40.7 Å². The number of carbonyl (C=O) groups excluding carboxylic acids is 1. The molecule has 5 heteroatoms. The molecule has 9 atom stereocenters. The number of ketones is 1. The quantitative estimate of drug-likeness (QED) is 0.369. The Bertz CT molecular complexity index is 789. The highest BCUT2D eigenvalue weighted by Gasteiger charge is 2.56. The molecule has 0 aromatic rings. The zero-order chi connectivity index (χ0) is 25.5. The number of hydrogen-bond donors (Lipinski definition) is 4. The predicted octanol–water partition coefficient (Wildman–Crippen LogP) is 4.43. The maximum absolute atomic E-state index is 13.9. The summed E-state index contributed by atoms with van der Waals surface area (Å²) < 4.78 is 0. The van der Waals surface area contributed by atoms with Crippen molar-refractivity contribution >= 4 is 5.78 Å². The lowest BCUT2D eigenvalue weighted by molar-refractivity contribution is -0.138. The highest BCUT2D eigenvalue weighted by molar-refractivity contribution is 6.01. The van der Waals surface area contributed by atoms with E-state index in [4.69, 9.17) is 0 Å². The summed E-state index contributed by atoms with van der Waals surface area (Å²) in [6.07, 6.45) is 7.89. The predicted molar refractivity (Wildman–Crippen MR) is 135 cm³/mol. The molecule has 0 aromatic heterocycles. The maximum atomic E-state index is 13.9. The van der Waals surface area contributed by atoms with E-state index in [-0.39, 0.29) is 35.6 Å². The van der Waals surface area contributed by atoms with Crippen molar-refractivity contribution in [3.8, 4) is 0 Å². The summed E-state index contributed by atoms with van der Waals surface area (Å²) in [6.45, 7) is 14.4. The average molecular weight is 477 g/mol. The SMILES string of the molecule is C=CC(O)(CC[C@@H](C)[C@H]1CC[C@@H](C2=C[C@H](O)[C@H]3C[C@@H](O)CC[C@]3(C)C2=O)[C@]1(C)CCO)C(C)C. The largest absolute Gasteiger partial charge is 0.396 e. The van der Waals surface area contributed by atoms with Crippen LogP contribution in [0.1, 0.15) is 86.0 Å². The van der Waals surface area contributed by atoms with Gasteiger partial charge in [0, 0.05) is 17.9 Å². The molecule has 0 spiro atoms. The zero-order valence-electron chi connectivity index (χ0n) is 22.0. The van der Waals surface area contributed by atoms with Crippen LogP contribution in [0.15, 0.2) is 24.3 Å². The molecule has 4 N–H and O–H groups in total. The van der Waals surface area contributed by atoms with E-state index in [1.807, 2.05) is 20.8 Å². The summed E-state index contributed by atoms with van der Waals surface area (Å²) in [5, 5.41) is 42.2. The van der Waals surface area contributed by atoms with Crippen LogP contribution in [0, 0.1) is 40.4 Å². The highest BCUT2D eigenvalue weighted by Crippen LogP contribution is 2.59. The number of Topliss-reactive ketones (excluding diaryl/α,β-unsaturated/α-hetero) is 1. The van der Waals surface area contributed by atoms with Gasteiger partial charge in [-0.3, -0.25) is 4.79 Å². The van der Waals surface area contributed by atoms with Crippen molar-refractivity contribution in [3.05, 3.63) is 24.3 Å². The second-order valence-corrected chi connectivity index (χ2v) is 12.5. The standard InChI is InChI=1S/C29H48O5/c1-7-29(34,18(2)3)13-10-19(4)22-8-9-23(27(22,5)14-15-30)21-17-25(32)24-16-20(31)11-12-28(24,6)26(21)33/h7,17-20,22-25,30-32,34H,1,8-16H2,2-6H3/t19-,20+,22-,23+,24-,25+,27-,28+,29?/m1/s1. The summed E-state index contributed by atoms with van der Waals surface area (Å²) in [5.74, 6) is 0.631. The van der Waals surface area contributed by atoms with Crippen LogP contribution in [0.3, 0.4) is 0 Å². The Morgan fingerprint density at radius 2 is 1.88 bits per heavy atom. The third-order valence-electron chi connectivity index (χ3n) is 10.4. The van der Waals surface area contributed by atoms with Gasteiger partial charge in [-0.25, -0.2) is 0 Å². The minimum Gasteiger partial charge on any atom is -0.396 e. The van der Waals surface area contributed by atoms with Crippen molar-refractivity contribution in [2.45, 2.75) is 104 Å². The van der Waals surface area contributed by atoms with Crippen molar-refractivity contribution in [2.24, 2.45) is 40.4 Å². The van der Waals surface area contributed by atoms with E-state index < -0.39 is 23.2 Å². The van der Waals surface area contributed by atoms with Gasteiger partial charge < -0.3 is 20.4 Å². The lowest BCUT2D eigenvalue weighted by Gasteiger charge is -2.49. The van der Waals surface area contributed by atoms with Crippen LogP contribution >= 0.6 is 0 Å². The Morgan fingerprint density at radius 3 is 2.47 bits per heavy atom. The molecule has 5 nitrogen and oxygen atoms in total. The fourth-order valence-electron chi connectivity index (χ4n) is 7.70. The number of fused-ring (bicyclic) bond motifs is 1. The molecule has 0 bridgehead atoms. The third-order valence-corrected chi connectivity index (χ3v) is 10.4. The Morgan fingerprint density at radius 1 is 1.21 bits per heavy atom. The monoisotopic (exact) mass is 476 g/mol. The normalized spacial score (nSPS) is 41.1. The first-order valence-corrected chi connectivity index (χ1v) is 13.4. The Balaban J connectivity index is 1.86. The van der Waals surface area contributed by atoms with Crippen molar-refractivity contribution in [1.29, 1.82) is 0 Å². The number of hydrogen-bond acceptors (Lipinski definition) is 5. The molecule has 0 radical (unpaired) electrons. The molecule has 1 unspecified atom stereocenters. The molecule has 2 saturated carbocycles. The minimum absolute atomic E-state index is 0.00209. The van der Waals surface area contributed by atoms with Crippen LogP contribution in [0.4, 0.5) is 0 Å². The van der Waals surface area contributed by atoms with Crippen LogP contribution < -0.4 is 0 Å². The summed E-state index contributed by atoms with van der Waals surface area (Å²) >= 11 is 0. The van der Waals surface area contributed by atoms with Gasteiger partial charge in [0.15, 0.2) is 5.78 Å². The van der Waals surface area contributed by atoms with E-state index in [0.29, 0.717) is 43.9 Å². The number of aliphatic hydroxyl groups is 4. The fraction of sp³-hybridized carbons (Fsp3) is 0.828. The highest BCUT2D eigenvalue weighted by atomic mass is 16.3. The van der Waals surface area contributed by atoms with Crippen molar-refractivity contribution in [1.82, 2.24) is 0 Å². The second-order valence-electron chi connectivity index (χ2n) is 12.5. The fourth-order valence-corrected chi connectivity index (χ4v) is 7.70. The molecular weight excluding hydrogens is 428 g/mol. The molecule has 0 amide bonds. The summed E-state index contributed by atoms with van der Waals surface area (Å²) in [4.78, 5) is 13.9. The third kappa shape index (κ3) is 4.70. The van der Waals surface area contributed by atoms with E-state index in [0.717, 1.165) is 24.8 Å². The van der Waals surface area contributed by atoms with Crippen molar-refractivity contribution in [2.75, 3.05) is 6.61 Å². The number of allylic oxidation sites excluding steroid dienone is 1. The summed E-state index contributed by atoms with van der Waals surface area (Å²) in [5.41, 5.74) is -1.03. The van der Waals surface area contributed by atoms with E-state index in [2.05, 4.69) is 20.4 Å². The summed E-state index contributed by atoms with van der Waals surface area (Å²) in [6, 6.07) is 0. The van der Waals surface area contributed by atoms with Crippen molar-refractivity contribution < 1.29 is 25.2 Å². The first-order chi connectivity index (χ1) is 15.8. The van der Waals surface area contributed by atoms with Crippen LogP contribution in [0.2, 0.25) is 0 Å². The van der Waals surface area contributed by atoms with E-state index in [1.165, 1.54) is 0 Å². The zero-order valence-corrected chi connectivity index (χ0v) is 22.0. The first-order valence-electron chi connectivity index (χ1n) is 13.4. The number of rotatable bonds is 9. The van der Waals surface area contributed by atoms with E-state index >= 15 is 0 Å². The Hall–Kier alpha value is -1.01. The van der Waals surface area contributed by atoms with Crippen LogP contribution in [-0.2, 0) is 4.79 Å². The van der Waals surface area contributed by atoms with Crippen LogP contribution in [0.25, 0.3) is 0 Å². The average Bonchev–Trinajstić information content (AvgIpc) is 3.12. The molecule has 2 fully saturated rings. The van der Waals surface area contributed by atoms with Gasteiger partial charge in [0.1, 0.15) is 0 Å². The molecule has 0 saturated heterocycles. The molecule has 3 aliphatic rings. The molecule has 194 valence electrons. The van der Waals surface area contributed by atoms with Gasteiger partial charge in [-0.15, -0.1) is 6.58 Å².